The normalized spacial score (nSPS) is 31.4. The van der Waals surface area contributed by atoms with Gasteiger partial charge in [-0.2, -0.15) is 0 Å². The fourth-order valence-electron chi connectivity index (χ4n) is 3.61. The van der Waals surface area contributed by atoms with E-state index in [9.17, 15) is 9.59 Å². The fraction of sp³-hybridized carbons (Fsp3) is 0.529. The number of amides is 2. The number of rotatable bonds is 2. The first-order chi connectivity index (χ1) is 10.7. The van der Waals surface area contributed by atoms with Gasteiger partial charge in [-0.1, -0.05) is 30.3 Å². The SMILES string of the molecule is O=C1CO[C@@H]2[C@@H](c3ccccc3)CN(C(=O)C3CC3)[C@@H]2CN1. The zero-order valence-electron chi connectivity index (χ0n) is 12.4. The van der Waals surface area contributed by atoms with Gasteiger partial charge in [0.05, 0.1) is 12.1 Å². The van der Waals surface area contributed by atoms with Crippen molar-refractivity contribution in [3.05, 3.63) is 35.9 Å². The number of nitrogens with zero attached hydrogens (tertiary/aromatic N) is 1. The first kappa shape index (κ1) is 13.8. The monoisotopic (exact) mass is 300 g/mol. The molecule has 0 aromatic heterocycles. The Kier molecular flexibility index (Phi) is 3.37. The summed E-state index contributed by atoms with van der Waals surface area (Å²) < 4.78 is 5.88. The number of fused-ring (bicyclic) bond motifs is 1. The summed E-state index contributed by atoms with van der Waals surface area (Å²) in [4.78, 5) is 26.2. The largest absolute Gasteiger partial charge is 0.365 e. The second-order valence-corrected chi connectivity index (χ2v) is 6.43. The van der Waals surface area contributed by atoms with E-state index in [4.69, 9.17) is 4.74 Å². The van der Waals surface area contributed by atoms with E-state index >= 15 is 0 Å². The van der Waals surface area contributed by atoms with Crippen LogP contribution >= 0.6 is 0 Å². The molecule has 1 aromatic carbocycles. The van der Waals surface area contributed by atoms with Gasteiger partial charge in [0, 0.05) is 24.9 Å². The average Bonchev–Trinajstić information content (AvgIpc) is 3.34. The summed E-state index contributed by atoms with van der Waals surface area (Å²) >= 11 is 0. The van der Waals surface area contributed by atoms with Crippen LogP contribution in [0.5, 0.6) is 0 Å². The number of nitrogens with one attached hydrogen (secondary N) is 1. The van der Waals surface area contributed by atoms with Gasteiger partial charge in [-0.25, -0.2) is 0 Å². The zero-order valence-corrected chi connectivity index (χ0v) is 12.4. The van der Waals surface area contributed by atoms with Crippen LogP contribution in [0.1, 0.15) is 24.3 Å². The molecule has 3 fully saturated rings. The van der Waals surface area contributed by atoms with Gasteiger partial charge in [0.15, 0.2) is 0 Å². The van der Waals surface area contributed by atoms with E-state index in [-0.39, 0.29) is 42.4 Å². The summed E-state index contributed by atoms with van der Waals surface area (Å²) in [5.74, 6) is 0.462. The molecule has 3 atom stereocenters. The predicted molar refractivity (Wildman–Crippen MR) is 80.2 cm³/mol. The lowest BCUT2D eigenvalue weighted by Gasteiger charge is -2.26. The summed E-state index contributed by atoms with van der Waals surface area (Å²) in [5, 5.41) is 2.87. The van der Waals surface area contributed by atoms with Crippen molar-refractivity contribution >= 4 is 11.8 Å². The van der Waals surface area contributed by atoms with Crippen molar-refractivity contribution in [2.24, 2.45) is 5.92 Å². The van der Waals surface area contributed by atoms with Gasteiger partial charge in [-0.05, 0) is 18.4 Å². The molecule has 2 saturated heterocycles. The van der Waals surface area contributed by atoms with E-state index in [1.54, 1.807) is 0 Å². The average molecular weight is 300 g/mol. The molecule has 5 nitrogen and oxygen atoms in total. The molecule has 4 rings (SSSR count). The molecule has 22 heavy (non-hydrogen) atoms. The molecule has 1 N–H and O–H groups in total. The van der Waals surface area contributed by atoms with Crippen LogP contribution in [0.2, 0.25) is 0 Å². The van der Waals surface area contributed by atoms with Crippen molar-refractivity contribution in [3.63, 3.8) is 0 Å². The van der Waals surface area contributed by atoms with Crippen molar-refractivity contribution in [1.82, 2.24) is 10.2 Å². The van der Waals surface area contributed by atoms with Crippen LogP contribution in [0.4, 0.5) is 0 Å². The van der Waals surface area contributed by atoms with Crippen LogP contribution in [-0.2, 0) is 14.3 Å². The Morgan fingerprint density at radius 2 is 2.00 bits per heavy atom. The van der Waals surface area contributed by atoms with E-state index in [1.165, 1.54) is 5.56 Å². The first-order valence-corrected chi connectivity index (χ1v) is 7.98. The molecule has 0 spiro atoms. The number of carbonyl (C=O) groups is 2. The van der Waals surface area contributed by atoms with E-state index in [2.05, 4.69) is 17.4 Å². The highest BCUT2D eigenvalue weighted by Crippen LogP contribution is 2.39. The molecule has 3 aliphatic rings. The third kappa shape index (κ3) is 2.39. The minimum Gasteiger partial charge on any atom is -0.365 e. The van der Waals surface area contributed by atoms with Crippen LogP contribution in [0.3, 0.4) is 0 Å². The molecule has 0 bridgehead atoms. The summed E-state index contributed by atoms with van der Waals surface area (Å²) in [6.45, 7) is 1.26. The van der Waals surface area contributed by atoms with Crippen LogP contribution < -0.4 is 5.32 Å². The highest BCUT2D eigenvalue weighted by atomic mass is 16.5. The zero-order chi connectivity index (χ0) is 15.1. The second kappa shape index (κ2) is 5.39. The standard InChI is InChI=1S/C17H20N2O3/c20-15-10-22-16-13(11-4-2-1-3-5-11)9-19(14(16)8-18-15)17(21)12-6-7-12/h1-5,12-14,16H,6-10H2,(H,18,20)/t13-,14-,16-/m1/s1. The topological polar surface area (TPSA) is 58.6 Å². The third-order valence-electron chi connectivity index (χ3n) is 4.92. The Morgan fingerprint density at radius 3 is 2.73 bits per heavy atom. The van der Waals surface area contributed by atoms with Crippen molar-refractivity contribution in [2.45, 2.75) is 30.9 Å². The highest BCUT2D eigenvalue weighted by molar-refractivity contribution is 5.82. The van der Waals surface area contributed by atoms with Gasteiger partial charge in [-0.15, -0.1) is 0 Å². The quantitative estimate of drug-likeness (QED) is 0.883. The molecule has 116 valence electrons. The minimum absolute atomic E-state index is 0.0512. The molecule has 1 aliphatic carbocycles. The van der Waals surface area contributed by atoms with Crippen LogP contribution in [0.25, 0.3) is 0 Å². The molecule has 0 unspecified atom stereocenters. The summed E-state index contributed by atoms with van der Waals surface area (Å²) in [7, 11) is 0. The maximum absolute atomic E-state index is 12.6. The molecule has 1 aromatic rings. The van der Waals surface area contributed by atoms with E-state index in [1.807, 2.05) is 23.1 Å². The molecular formula is C17H20N2O3. The first-order valence-electron chi connectivity index (χ1n) is 7.98. The molecule has 2 aliphatic heterocycles. The maximum Gasteiger partial charge on any atom is 0.246 e. The van der Waals surface area contributed by atoms with Gasteiger partial charge in [0.2, 0.25) is 11.8 Å². The summed E-state index contributed by atoms with van der Waals surface area (Å²) in [5.41, 5.74) is 1.18. The van der Waals surface area contributed by atoms with Crippen LogP contribution in [0.15, 0.2) is 30.3 Å². The van der Waals surface area contributed by atoms with Crippen molar-refractivity contribution in [1.29, 1.82) is 0 Å². The molecule has 2 amide bonds. The smallest absolute Gasteiger partial charge is 0.246 e. The number of hydrogen-bond acceptors (Lipinski definition) is 3. The minimum atomic E-state index is -0.107. The number of likely N-dealkylation sites (tertiary alicyclic amines) is 1. The van der Waals surface area contributed by atoms with Gasteiger partial charge in [0.1, 0.15) is 6.61 Å². The molecule has 5 heteroatoms. The number of hydrogen-bond donors (Lipinski definition) is 1. The van der Waals surface area contributed by atoms with E-state index < -0.39 is 0 Å². The van der Waals surface area contributed by atoms with Gasteiger partial charge >= 0.3 is 0 Å². The van der Waals surface area contributed by atoms with Crippen molar-refractivity contribution < 1.29 is 14.3 Å². The van der Waals surface area contributed by atoms with Crippen LogP contribution in [-0.4, -0.2) is 48.6 Å². The van der Waals surface area contributed by atoms with Crippen molar-refractivity contribution in [3.8, 4) is 0 Å². The lowest BCUT2D eigenvalue weighted by Crippen LogP contribution is -2.46. The van der Waals surface area contributed by atoms with Crippen LogP contribution in [0, 0.1) is 5.92 Å². The Balaban J connectivity index is 1.64. The predicted octanol–water partition coefficient (Wildman–Crippen LogP) is 0.906. The number of benzene rings is 1. The molecule has 0 radical (unpaired) electrons. The Morgan fingerprint density at radius 1 is 1.23 bits per heavy atom. The lowest BCUT2D eigenvalue weighted by molar-refractivity contribution is -0.134. The van der Waals surface area contributed by atoms with Gasteiger partial charge in [-0.3, -0.25) is 9.59 Å². The maximum atomic E-state index is 12.6. The third-order valence-corrected chi connectivity index (χ3v) is 4.92. The number of carbonyl (C=O) groups excluding carboxylic acids is 2. The molecule has 2 heterocycles. The molecular weight excluding hydrogens is 280 g/mol. The lowest BCUT2D eigenvalue weighted by atomic mass is 9.93. The highest BCUT2D eigenvalue weighted by Gasteiger charge is 2.49. The Bertz CT molecular complexity index is 585. The second-order valence-electron chi connectivity index (χ2n) is 6.43. The summed E-state index contributed by atoms with van der Waals surface area (Å²) in [6, 6.07) is 10.1. The van der Waals surface area contributed by atoms with Crippen molar-refractivity contribution in [2.75, 3.05) is 19.7 Å². The molecule has 1 saturated carbocycles. The fourth-order valence-corrected chi connectivity index (χ4v) is 3.61. The van der Waals surface area contributed by atoms with E-state index in [0.717, 1.165) is 12.8 Å². The van der Waals surface area contributed by atoms with E-state index in [0.29, 0.717) is 13.1 Å². The Hall–Kier alpha value is -1.88. The van der Waals surface area contributed by atoms with Gasteiger partial charge in [0.25, 0.3) is 0 Å². The summed E-state index contributed by atoms with van der Waals surface area (Å²) in [6.07, 6.45) is 1.88. The van der Waals surface area contributed by atoms with Gasteiger partial charge < -0.3 is 15.0 Å². The Labute approximate surface area is 129 Å². The number of ether oxygens (including phenoxy) is 1.